The van der Waals surface area contributed by atoms with Crippen LogP contribution >= 0.6 is 0 Å². The highest BCUT2D eigenvalue weighted by Crippen LogP contribution is 2.31. The summed E-state index contributed by atoms with van der Waals surface area (Å²) in [6.07, 6.45) is 0. The first-order chi connectivity index (χ1) is 13.9. The van der Waals surface area contributed by atoms with Gasteiger partial charge < -0.3 is 19.9 Å². The molecule has 1 saturated heterocycles. The summed E-state index contributed by atoms with van der Waals surface area (Å²) in [5.41, 5.74) is 4.14. The number of hydrogen-bond acceptors (Lipinski definition) is 4. The Balaban J connectivity index is 1.65. The average molecular weight is 396 g/mol. The minimum Gasteiger partial charge on any atom is -0.378 e. The van der Waals surface area contributed by atoms with Crippen molar-refractivity contribution in [3.8, 4) is 11.4 Å². The molecule has 4 rings (SSSR count). The topological polar surface area (TPSA) is 68.2 Å². The molecule has 1 aromatic heterocycles. The minimum atomic E-state index is -0.345. The Labute approximate surface area is 169 Å². The third-order valence-corrected chi connectivity index (χ3v) is 5.15. The van der Waals surface area contributed by atoms with Gasteiger partial charge in [0.05, 0.1) is 24.2 Å². The lowest BCUT2D eigenvalue weighted by Crippen LogP contribution is -2.48. The molecule has 29 heavy (non-hydrogen) atoms. The summed E-state index contributed by atoms with van der Waals surface area (Å²) in [7, 11) is 0. The van der Waals surface area contributed by atoms with Gasteiger partial charge in [-0.05, 0) is 56.7 Å². The summed E-state index contributed by atoms with van der Waals surface area (Å²) in [4.78, 5) is 17.1. The van der Waals surface area contributed by atoms with Crippen LogP contribution in [0.2, 0.25) is 0 Å². The van der Waals surface area contributed by atoms with Crippen LogP contribution < -0.4 is 10.6 Å². The van der Waals surface area contributed by atoms with E-state index in [1.165, 1.54) is 12.1 Å². The predicted octanol–water partition coefficient (Wildman–Crippen LogP) is 3.66. The molecule has 0 radical (unpaired) electrons. The van der Waals surface area contributed by atoms with E-state index in [0.29, 0.717) is 25.3 Å². The molecular weight excluding hydrogens is 371 g/mol. The molecule has 1 amide bonds. The monoisotopic (exact) mass is 396 g/mol. The Bertz CT molecular complexity index is 1050. The molecule has 0 spiro atoms. The molecule has 2 N–H and O–H groups in total. The zero-order valence-corrected chi connectivity index (χ0v) is 16.8. The van der Waals surface area contributed by atoms with E-state index < -0.39 is 0 Å². The second-order valence-corrected chi connectivity index (χ2v) is 7.63. The molecule has 1 fully saturated rings. The lowest BCUT2D eigenvalue weighted by atomic mass is 10.1. The van der Waals surface area contributed by atoms with Crippen molar-refractivity contribution in [1.82, 2.24) is 14.9 Å². The number of nitrogens with zero attached hydrogens (tertiary/aromatic N) is 2. The van der Waals surface area contributed by atoms with E-state index in [1.807, 2.05) is 25.1 Å². The Kier molecular flexibility index (Phi) is 5.34. The fourth-order valence-electron chi connectivity index (χ4n) is 3.69. The number of anilines is 1. The number of fused-ring (bicyclic) bond motifs is 1. The van der Waals surface area contributed by atoms with Crippen molar-refractivity contribution in [3.63, 3.8) is 0 Å². The molecule has 1 aliphatic heterocycles. The fraction of sp³-hybridized carbons (Fsp3) is 0.364. The lowest BCUT2D eigenvalue weighted by molar-refractivity contribution is -0.120. The molecule has 0 saturated carbocycles. The van der Waals surface area contributed by atoms with E-state index >= 15 is 0 Å². The summed E-state index contributed by atoms with van der Waals surface area (Å²) >= 11 is 0. The number of amides is 1. The van der Waals surface area contributed by atoms with Crippen LogP contribution in [0.1, 0.15) is 25.5 Å². The number of aromatic nitrogens is 2. The minimum absolute atomic E-state index is 0.106. The maximum absolute atomic E-state index is 13.7. The van der Waals surface area contributed by atoms with Gasteiger partial charge in [0.25, 0.3) is 0 Å². The van der Waals surface area contributed by atoms with Crippen molar-refractivity contribution in [2.75, 3.05) is 25.1 Å². The molecule has 0 bridgehead atoms. The van der Waals surface area contributed by atoms with Crippen LogP contribution in [0.15, 0.2) is 36.4 Å². The Morgan fingerprint density at radius 1 is 1.31 bits per heavy atom. The highest BCUT2D eigenvalue weighted by atomic mass is 19.1. The molecular formula is C22H25FN4O2. The van der Waals surface area contributed by atoms with Gasteiger partial charge in [-0.25, -0.2) is 9.37 Å². The summed E-state index contributed by atoms with van der Waals surface area (Å²) in [6, 6.07) is 10.3. The first-order valence-electron chi connectivity index (χ1n) is 9.84. The van der Waals surface area contributed by atoms with E-state index in [2.05, 4.69) is 34.0 Å². The van der Waals surface area contributed by atoms with Gasteiger partial charge in [0.15, 0.2) is 0 Å². The molecule has 6 nitrogen and oxygen atoms in total. The van der Waals surface area contributed by atoms with Gasteiger partial charge in [-0.2, -0.15) is 0 Å². The number of aryl methyl sites for hydroxylation is 1. The summed E-state index contributed by atoms with van der Waals surface area (Å²) in [6.45, 7) is 7.77. The van der Waals surface area contributed by atoms with Crippen LogP contribution in [-0.4, -0.2) is 41.3 Å². The summed E-state index contributed by atoms with van der Waals surface area (Å²) < 4.78 is 21.1. The second-order valence-electron chi connectivity index (χ2n) is 7.63. The van der Waals surface area contributed by atoms with Crippen LogP contribution in [0.3, 0.4) is 0 Å². The highest BCUT2D eigenvalue weighted by molar-refractivity contribution is 5.96. The molecule has 2 aromatic carbocycles. The van der Waals surface area contributed by atoms with Crippen molar-refractivity contribution >= 4 is 22.6 Å². The third kappa shape index (κ3) is 3.88. The highest BCUT2D eigenvalue weighted by Gasteiger charge is 2.22. The number of carbonyl (C=O) groups is 1. The zero-order valence-electron chi connectivity index (χ0n) is 16.8. The maximum atomic E-state index is 13.7. The van der Waals surface area contributed by atoms with E-state index in [4.69, 9.17) is 4.74 Å². The van der Waals surface area contributed by atoms with Crippen LogP contribution in [0, 0.1) is 12.7 Å². The van der Waals surface area contributed by atoms with Gasteiger partial charge in [0.2, 0.25) is 5.91 Å². The SMILES string of the molecule is Cc1cc(-c2nc3cc(F)ccc3n2C(C)C)ccc1NC(=O)C1COCCN1. The first kappa shape index (κ1) is 19.5. The second kappa shape index (κ2) is 7.93. The molecule has 1 unspecified atom stereocenters. The smallest absolute Gasteiger partial charge is 0.243 e. The molecule has 2 heterocycles. The van der Waals surface area contributed by atoms with Gasteiger partial charge >= 0.3 is 0 Å². The van der Waals surface area contributed by atoms with Crippen molar-refractivity contribution in [1.29, 1.82) is 0 Å². The van der Waals surface area contributed by atoms with Gasteiger partial charge in [0, 0.05) is 29.9 Å². The van der Waals surface area contributed by atoms with E-state index in [1.54, 1.807) is 6.07 Å². The maximum Gasteiger partial charge on any atom is 0.243 e. The van der Waals surface area contributed by atoms with Crippen LogP contribution in [0.4, 0.5) is 10.1 Å². The molecule has 7 heteroatoms. The lowest BCUT2D eigenvalue weighted by Gasteiger charge is -2.23. The standard InChI is InChI=1S/C22H25FN4O2/c1-13(2)27-20-7-5-16(23)11-18(20)25-21(27)15-4-6-17(14(3)10-15)26-22(28)19-12-29-9-8-24-19/h4-7,10-11,13,19,24H,8-9,12H2,1-3H3,(H,26,28). The molecule has 3 aromatic rings. The van der Waals surface area contributed by atoms with Crippen molar-refractivity contribution in [3.05, 3.63) is 47.8 Å². The number of halogens is 1. The zero-order chi connectivity index (χ0) is 20.5. The molecule has 152 valence electrons. The number of morpholine rings is 1. The van der Waals surface area contributed by atoms with Gasteiger partial charge in [0.1, 0.15) is 17.7 Å². The van der Waals surface area contributed by atoms with Crippen LogP contribution in [0.5, 0.6) is 0 Å². The van der Waals surface area contributed by atoms with Crippen molar-refractivity contribution < 1.29 is 13.9 Å². The number of benzene rings is 2. The third-order valence-electron chi connectivity index (χ3n) is 5.15. The Hall–Kier alpha value is -2.77. The number of nitrogens with one attached hydrogen (secondary N) is 2. The quantitative estimate of drug-likeness (QED) is 0.706. The number of ether oxygens (including phenoxy) is 1. The number of imidazole rings is 1. The molecule has 1 atom stereocenters. The Morgan fingerprint density at radius 3 is 2.83 bits per heavy atom. The predicted molar refractivity (Wildman–Crippen MR) is 111 cm³/mol. The van der Waals surface area contributed by atoms with Gasteiger partial charge in [-0.1, -0.05) is 0 Å². The van der Waals surface area contributed by atoms with Gasteiger partial charge in [-0.3, -0.25) is 4.79 Å². The molecule has 1 aliphatic rings. The van der Waals surface area contributed by atoms with E-state index in [0.717, 1.165) is 28.2 Å². The number of carbonyl (C=O) groups excluding carboxylic acids is 1. The first-order valence-corrected chi connectivity index (χ1v) is 9.84. The van der Waals surface area contributed by atoms with Gasteiger partial charge in [-0.15, -0.1) is 0 Å². The van der Waals surface area contributed by atoms with Crippen molar-refractivity contribution in [2.24, 2.45) is 0 Å². The fourth-order valence-corrected chi connectivity index (χ4v) is 3.69. The van der Waals surface area contributed by atoms with Crippen LogP contribution in [0.25, 0.3) is 22.4 Å². The summed E-state index contributed by atoms with van der Waals surface area (Å²) in [5, 5.41) is 6.13. The average Bonchev–Trinajstić information content (AvgIpc) is 3.09. The van der Waals surface area contributed by atoms with Crippen molar-refractivity contribution in [2.45, 2.75) is 32.9 Å². The van der Waals surface area contributed by atoms with E-state index in [9.17, 15) is 9.18 Å². The molecule has 0 aliphatic carbocycles. The number of hydrogen-bond donors (Lipinski definition) is 2. The summed E-state index contributed by atoms with van der Waals surface area (Å²) in [5.74, 6) is 0.376. The largest absolute Gasteiger partial charge is 0.378 e. The van der Waals surface area contributed by atoms with Crippen LogP contribution in [-0.2, 0) is 9.53 Å². The Morgan fingerprint density at radius 2 is 2.14 bits per heavy atom. The van der Waals surface area contributed by atoms with E-state index in [-0.39, 0.29) is 23.8 Å². The number of rotatable bonds is 4. The normalized spacial score (nSPS) is 17.1.